The molecule has 0 spiro atoms. The number of rotatable bonds is 7. The lowest BCUT2D eigenvalue weighted by molar-refractivity contribution is -0.0147. The Morgan fingerprint density at radius 2 is 2.11 bits per heavy atom. The van der Waals surface area contributed by atoms with Crippen molar-refractivity contribution in [2.75, 3.05) is 26.9 Å². The van der Waals surface area contributed by atoms with Gasteiger partial charge in [-0.15, -0.1) is 0 Å². The van der Waals surface area contributed by atoms with Crippen molar-refractivity contribution >= 4 is 5.91 Å². The first-order valence-electron chi connectivity index (χ1n) is 6.21. The third-order valence-electron chi connectivity index (χ3n) is 2.52. The number of hydrogen-bond donors (Lipinski definition) is 2. The lowest BCUT2D eigenvalue weighted by Gasteiger charge is -2.22. The van der Waals surface area contributed by atoms with Gasteiger partial charge in [0.05, 0.1) is 18.8 Å². The molecule has 2 N–H and O–H groups in total. The number of carbonyl (C=O) groups is 1. The molecule has 0 radical (unpaired) electrons. The molecule has 1 aromatic carbocycles. The third kappa shape index (κ3) is 4.89. The van der Waals surface area contributed by atoms with E-state index in [2.05, 4.69) is 5.32 Å². The predicted octanol–water partition coefficient (Wildman–Crippen LogP) is 1.21. The van der Waals surface area contributed by atoms with Gasteiger partial charge in [-0.3, -0.25) is 4.79 Å². The van der Waals surface area contributed by atoms with Gasteiger partial charge in [-0.05, 0) is 26.0 Å². The molecule has 1 atom stereocenters. The summed E-state index contributed by atoms with van der Waals surface area (Å²) in [6.45, 7) is 4.22. The molecule has 106 valence electrons. The van der Waals surface area contributed by atoms with Crippen molar-refractivity contribution in [1.29, 1.82) is 0 Å². The summed E-state index contributed by atoms with van der Waals surface area (Å²) in [6.07, 6.45) is 0. The molecule has 5 heteroatoms. The number of nitrogens with one attached hydrogen (secondary N) is 1. The number of hydrogen-bond acceptors (Lipinski definition) is 4. The Balaban J connectivity index is 2.68. The molecule has 0 aliphatic heterocycles. The van der Waals surface area contributed by atoms with Gasteiger partial charge in [0, 0.05) is 13.7 Å². The van der Waals surface area contributed by atoms with Gasteiger partial charge < -0.3 is 19.9 Å². The van der Waals surface area contributed by atoms with Crippen LogP contribution in [0.5, 0.6) is 5.75 Å². The van der Waals surface area contributed by atoms with Gasteiger partial charge in [-0.2, -0.15) is 0 Å². The monoisotopic (exact) mass is 267 g/mol. The number of amides is 1. The van der Waals surface area contributed by atoms with Crippen molar-refractivity contribution in [2.24, 2.45) is 0 Å². The van der Waals surface area contributed by atoms with Gasteiger partial charge in [0.25, 0.3) is 5.91 Å². The van der Waals surface area contributed by atoms with Crippen molar-refractivity contribution in [1.82, 2.24) is 5.32 Å². The van der Waals surface area contributed by atoms with Crippen LogP contribution in [0.4, 0.5) is 0 Å². The molecule has 1 amide bonds. The zero-order chi connectivity index (χ0) is 14.3. The van der Waals surface area contributed by atoms with E-state index in [1.807, 2.05) is 13.0 Å². The fourth-order valence-electron chi connectivity index (χ4n) is 1.66. The van der Waals surface area contributed by atoms with Gasteiger partial charge in [0.2, 0.25) is 0 Å². The van der Waals surface area contributed by atoms with Gasteiger partial charge in [-0.1, -0.05) is 12.1 Å². The Bertz CT molecular complexity index is 418. The molecule has 5 nitrogen and oxygen atoms in total. The van der Waals surface area contributed by atoms with Gasteiger partial charge in [0.15, 0.2) is 0 Å². The van der Waals surface area contributed by atoms with E-state index < -0.39 is 5.60 Å². The molecule has 0 aromatic heterocycles. The highest BCUT2D eigenvalue weighted by Gasteiger charge is 2.22. The minimum absolute atomic E-state index is 0.111. The quantitative estimate of drug-likeness (QED) is 0.779. The van der Waals surface area contributed by atoms with Crippen LogP contribution in [0.15, 0.2) is 24.3 Å². The Morgan fingerprint density at radius 3 is 2.74 bits per heavy atom. The molecule has 1 aromatic rings. The summed E-state index contributed by atoms with van der Waals surface area (Å²) in [7, 11) is 1.50. The fraction of sp³-hybridized carbons (Fsp3) is 0.500. The first kappa shape index (κ1) is 15.5. The fourth-order valence-corrected chi connectivity index (χ4v) is 1.66. The Hall–Kier alpha value is -1.59. The zero-order valence-electron chi connectivity index (χ0n) is 11.6. The molecule has 0 fully saturated rings. The molecule has 0 aliphatic carbocycles. The lowest BCUT2D eigenvalue weighted by atomic mass is 10.1. The van der Waals surface area contributed by atoms with Gasteiger partial charge >= 0.3 is 0 Å². The minimum atomic E-state index is -1.09. The number of para-hydroxylation sites is 1. The van der Waals surface area contributed by atoms with Crippen molar-refractivity contribution in [3.63, 3.8) is 0 Å². The molecule has 0 bridgehead atoms. The standard InChI is InChI=1S/C14H21NO4/c1-4-19-12-8-6-5-7-11(12)13(16)15-9-14(2,17)10-18-3/h5-8,17H,4,9-10H2,1-3H3,(H,15,16). The molecule has 1 unspecified atom stereocenters. The summed E-state index contributed by atoms with van der Waals surface area (Å²) in [6, 6.07) is 7.00. The Kier molecular flexibility index (Phi) is 5.79. The normalized spacial score (nSPS) is 13.7. The van der Waals surface area contributed by atoms with Crippen molar-refractivity contribution in [3.8, 4) is 5.75 Å². The summed E-state index contributed by atoms with van der Waals surface area (Å²) >= 11 is 0. The maximum atomic E-state index is 12.0. The van der Waals surface area contributed by atoms with Crippen LogP contribution >= 0.6 is 0 Å². The zero-order valence-corrected chi connectivity index (χ0v) is 11.6. The molecular weight excluding hydrogens is 246 g/mol. The highest BCUT2D eigenvalue weighted by molar-refractivity contribution is 5.96. The molecule has 1 rings (SSSR count). The number of benzene rings is 1. The van der Waals surface area contributed by atoms with E-state index in [1.165, 1.54) is 7.11 Å². The van der Waals surface area contributed by atoms with E-state index in [-0.39, 0.29) is 19.1 Å². The van der Waals surface area contributed by atoms with Crippen LogP contribution in [0, 0.1) is 0 Å². The molecule has 19 heavy (non-hydrogen) atoms. The van der Waals surface area contributed by atoms with E-state index in [0.717, 1.165) is 0 Å². The SMILES string of the molecule is CCOc1ccccc1C(=O)NCC(C)(O)COC. The average molecular weight is 267 g/mol. The van der Waals surface area contributed by atoms with Crippen LogP contribution in [0.2, 0.25) is 0 Å². The van der Waals surface area contributed by atoms with Crippen LogP contribution in [0.3, 0.4) is 0 Å². The summed E-state index contributed by atoms with van der Waals surface area (Å²) in [5.74, 6) is 0.259. The van der Waals surface area contributed by atoms with Crippen molar-refractivity contribution < 1.29 is 19.4 Å². The van der Waals surface area contributed by atoms with Crippen LogP contribution in [0.25, 0.3) is 0 Å². The van der Waals surface area contributed by atoms with Crippen LogP contribution in [0.1, 0.15) is 24.2 Å². The molecular formula is C14H21NO4. The van der Waals surface area contributed by atoms with E-state index in [0.29, 0.717) is 17.9 Å². The highest BCUT2D eigenvalue weighted by atomic mass is 16.5. The smallest absolute Gasteiger partial charge is 0.255 e. The third-order valence-corrected chi connectivity index (χ3v) is 2.52. The number of methoxy groups -OCH3 is 1. The summed E-state index contributed by atoms with van der Waals surface area (Å²) in [5.41, 5.74) is -0.636. The van der Waals surface area contributed by atoms with E-state index >= 15 is 0 Å². The largest absolute Gasteiger partial charge is 0.493 e. The number of aliphatic hydroxyl groups is 1. The number of ether oxygens (including phenoxy) is 2. The predicted molar refractivity (Wildman–Crippen MR) is 72.4 cm³/mol. The summed E-state index contributed by atoms with van der Waals surface area (Å²) < 4.78 is 10.3. The van der Waals surface area contributed by atoms with Crippen molar-refractivity contribution in [2.45, 2.75) is 19.4 Å². The second-order valence-corrected chi connectivity index (χ2v) is 4.54. The minimum Gasteiger partial charge on any atom is -0.493 e. The topological polar surface area (TPSA) is 67.8 Å². The van der Waals surface area contributed by atoms with Gasteiger partial charge in [0.1, 0.15) is 11.4 Å². The van der Waals surface area contributed by atoms with Gasteiger partial charge in [-0.25, -0.2) is 0 Å². The maximum Gasteiger partial charge on any atom is 0.255 e. The van der Waals surface area contributed by atoms with Crippen LogP contribution in [-0.2, 0) is 4.74 Å². The first-order chi connectivity index (χ1) is 9.00. The van der Waals surface area contributed by atoms with E-state index in [4.69, 9.17) is 9.47 Å². The molecule has 0 saturated heterocycles. The second kappa shape index (κ2) is 7.11. The van der Waals surface area contributed by atoms with E-state index in [1.54, 1.807) is 25.1 Å². The summed E-state index contributed by atoms with van der Waals surface area (Å²) in [5, 5.41) is 12.6. The van der Waals surface area contributed by atoms with Crippen molar-refractivity contribution in [3.05, 3.63) is 29.8 Å². The molecule has 0 aliphatic rings. The molecule has 0 heterocycles. The Labute approximate surface area is 113 Å². The highest BCUT2D eigenvalue weighted by Crippen LogP contribution is 2.17. The number of carbonyl (C=O) groups excluding carboxylic acids is 1. The summed E-state index contributed by atoms with van der Waals surface area (Å²) in [4.78, 5) is 12.0. The van der Waals surface area contributed by atoms with Crippen LogP contribution in [-0.4, -0.2) is 43.5 Å². The maximum absolute atomic E-state index is 12.0. The van der Waals surface area contributed by atoms with Crippen LogP contribution < -0.4 is 10.1 Å². The Morgan fingerprint density at radius 1 is 1.42 bits per heavy atom. The average Bonchev–Trinajstić information content (AvgIpc) is 2.37. The molecule has 0 saturated carbocycles. The lowest BCUT2D eigenvalue weighted by Crippen LogP contribution is -2.43. The second-order valence-electron chi connectivity index (χ2n) is 4.54. The first-order valence-corrected chi connectivity index (χ1v) is 6.21. The van der Waals surface area contributed by atoms with E-state index in [9.17, 15) is 9.90 Å².